The van der Waals surface area contributed by atoms with Crippen molar-refractivity contribution in [1.29, 1.82) is 0 Å². The Morgan fingerprint density at radius 1 is 1.07 bits per heavy atom. The highest BCUT2D eigenvalue weighted by molar-refractivity contribution is 9.10. The summed E-state index contributed by atoms with van der Waals surface area (Å²) < 4.78 is 24.6. The minimum atomic E-state index is -0.440. The zero-order chi connectivity index (χ0) is 31.8. The second-order valence-corrected chi connectivity index (χ2v) is 11.8. The van der Waals surface area contributed by atoms with Crippen LogP contribution < -0.4 is 14.2 Å². The van der Waals surface area contributed by atoms with E-state index in [1.54, 1.807) is 24.0 Å². The van der Waals surface area contributed by atoms with Crippen molar-refractivity contribution < 1.29 is 28.5 Å². The van der Waals surface area contributed by atoms with Gasteiger partial charge in [-0.05, 0) is 61.7 Å². The molecule has 0 spiro atoms. The third kappa shape index (κ3) is 7.84. The van der Waals surface area contributed by atoms with Gasteiger partial charge in [-0.3, -0.25) is 4.79 Å². The van der Waals surface area contributed by atoms with Crippen LogP contribution in [0.5, 0.6) is 17.2 Å². The fraction of sp³-hybridized carbons (Fsp3) is 0.364. The lowest BCUT2D eigenvalue weighted by Crippen LogP contribution is -2.33. The van der Waals surface area contributed by atoms with E-state index in [1.165, 1.54) is 14.2 Å². The highest BCUT2D eigenvalue weighted by atomic mass is 79.9. The quantitative estimate of drug-likeness (QED) is 0.132. The molecule has 2 heterocycles. The van der Waals surface area contributed by atoms with Gasteiger partial charge in [0.05, 0.1) is 49.3 Å². The van der Waals surface area contributed by atoms with Gasteiger partial charge in [-0.2, -0.15) is 0 Å². The predicted octanol–water partition coefficient (Wildman–Crippen LogP) is 6.99. The maximum absolute atomic E-state index is 14.1. The number of nitrogens with zero attached hydrogens (tertiary/aromatic N) is 3. The number of esters is 1. The van der Waals surface area contributed by atoms with Crippen LogP contribution in [-0.4, -0.2) is 60.1 Å². The lowest BCUT2D eigenvalue weighted by molar-refractivity contribution is -0.145. The van der Waals surface area contributed by atoms with Crippen LogP contribution in [-0.2, 0) is 22.5 Å². The van der Waals surface area contributed by atoms with E-state index in [4.69, 9.17) is 35.5 Å². The van der Waals surface area contributed by atoms with Crippen LogP contribution in [0.25, 0.3) is 5.65 Å². The fourth-order valence-electron chi connectivity index (χ4n) is 4.83. The SMILES string of the molecule is CCOC(=O)COc1ccc(Br)cc1Cc1c(CN(CCC(C)C)C(=O)c2ccc(OC)c(OC)c2Cl)nc2ccccn12. The molecule has 234 valence electrons. The van der Waals surface area contributed by atoms with Gasteiger partial charge >= 0.3 is 5.97 Å². The molecule has 0 saturated carbocycles. The Morgan fingerprint density at radius 3 is 2.55 bits per heavy atom. The third-order valence-corrected chi connectivity index (χ3v) is 7.93. The van der Waals surface area contributed by atoms with Gasteiger partial charge in [-0.25, -0.2) is 9.78 Å². The molecule has 1 amide bonds. The van der Waals surface area contributed by atoms with E-state index in [0.717, 1.165) is 33.5 Å². The number of benzene rings is 2. The highest BCUT2D eigenvalue weighted by Crippen LogP contribution is 2.38. The largest absolute Gasteiger partial charge is 0.493 e. The van der Waals surface area contributed by atoms with Crippen LogP contribution in [0.15, 0.2) is 59.2 Å². The second kappa shape index (κ2) is 15.3. The second-order valence-electron chi connectivity index (χ2n) is 10.5. The van der Waals surface area contributed by atoms with Gasteiger partial charge in [0.1, 0.15) is 11.4 Å². The van der Waals surface area contributed by atoms with Gasteiger partial charge in [0, 0.05) is 29.2 Å². The number of carbonyl (C=O) groups excluding carboxylic acids is 2. The van der Waals surface area contributed by atoms with Crippen molar-refractivity contribution in [3.63, 3.8) is 0 Å². The summed E-state index contributed by atoms with van der Waals surface area (Å²) in [6.07, 6.45) is 3.17. The molecular weight excluding hydrogens is 650 g/mol. The fourth-order valence-corrected chi connectivity index (χ4v) is 5.55. The number of fused-ring (bicyclic) bond motifs is 1. The van der Waals surface area contributed by atoms with Gasteiger partial charge in [0.2, 0.25) is 0 Å². The molecule has 0 aliphatic heterocycles. The monoisotopic (exact) mass is 685 g/mol. The number of carbonyl (C=O) groups is 2. The van der Waals surface area contributed by atoms with Crippen molar-refractivity contribution in [3.05, 3.63) is 86.7 Å². The topological polar surface area (TPSA) is 91.6 Å². The maximum Gasteiger partial charge on any atom is 0.344 e. The molecule has 4 rings (SSSR count). The molecule has 0 bridgehead atoms. The minimum Gasteiger partial charge on any atom is -0.493 e. The third-order valence-electron chi connectivity index (χ3n) is 7.06. The van der Waals surface area contributed by atoms with Crippen molar-refractivity contribution in [2.45, 2.75) is 40.2 Å². The average Bonchev–Trinajstić information content (AvgIpc) is 3.34. The molecule has 2 aromatic heterocycles. The number of imidazole rings is 1. The predicted molar refractivity (Wildman–Crippen MR) is 173 cm³/mol. The van der Waals surface area contributed by atoms with Crippen molar-refractivity contribution >= 4 is 45.1 Å². The maximum atomic E-state index is 14.1. The summed E-state index contributed by atoms with van der Waals surface area (Å²) in [6.45, 7) is 6.82. The van der Waals surface area contributed by atoms with E-state index in [2.05, 4.69) is 29.8 Å². The average molecular weight is 687 g/mol. The Balaban J connectivity index is 1.73. The summed E-state index contributed by atoms with van der Waals surface area (Å²) >= 11 is 10.2. The van der Waals surface area contributed by atoms with E-state index in [1.807, 2.05) is 47.0 Å². The smallest absolute Gasteiger partial charge is 0.344 e. The molecule has 9 nitrogen and oxygen atoms in total. The summed E-state index contributed by atoms with van der Waals surface area (Å²) in [7, 11) is 3.01. The first kappa shape index (κ1) is 33.1. The molecule has 0 fully saturated rings. The minimum absolute atomic E-state index is 0.194. The van der Waals surface area contributed by atoms with Crippen molar-refractivity contribution in [1.82, 2.24) is 14.3 Å². The molecule has 44 heavy (non-hydrogen) atoms. The molecule has 0 radical (unpaired) electrons. The molecule has 2 aromatic carbocycles. The van der Waals surface area contributed by atoms with E-state index >= 15 is 0 Å². The van der Waals surface area contributed by atoms with Crippen molar-refractivity contribution in [2.24, 2.45) is 5.92 Å². The van der Waals surface area contributed by atoms with Gasteiger partial charge in [-0.15, -0.1) is 0 Å². The van der Waals surface area contributed by atoms with Crippen LogP contribution in [0.3, 0.4) is 0 Å². The van der Waals surface area contributed by atoms with E-state index < -0.39 is 5.97 Å². The number of ether oxygens (including phenoxy) is 4. The van der Waals surface area contributed by atoms with Gasteiger partial charge < -0.3 is 28.2 Å². The number of hydrogen-bond acceptors (Lipinski definition) is 7. The van der Waals surface area contributed by atoms with Crippen molar-refractivity contribution in [2.75, 3.05) is 34.0 Å². The van der Waals surface area contributed by atoms with Crippen LogP contribution in [0.2, 0.25) is 5.02 Å². The Morgan fingerprint density at radius 2 is 1.84 bits per heavy atom. The Labute approximate surface area is 271 Å². The van der Waals surface area contributed by atoms with Gasteiger partial charge in [0.15, 0.2) is 18.1 Å². The number of aromatic nitrogens is 2. The molecule has 4 aromatic rings. The van der Waals surface area contributed by atoms with Crippen LogP contribution in [0, 0.1) is 5.92 Å². The molecule has 0 saturated heterocycles. The summed E-state index contributed by atoms with van der Waals surface area (Å²) in [5.74, 6) is 1.00. The zero-order valence-corrected chi connectivity index (χ0v) is 27.9. The number of halogens is 2. The van der Waals surface area contributed by atoms with E-state index in [0.29, 0.717) is 41.7 Å². The normalized spacial score (nSPS) is 11.1. The number of hydrogen-bond donors (Lipinski definition) is 0. The summed E-state index contributed by atoms with van der Waals surface area (Å²) in [5, 5.41) is 0.194. The number of rotatable bonds is 14. The number of amides is 1. The van der Waals surface area contributed by atoms with Crippen LogP contribution in [0.4, 0.5) is 0 Å². The molecule has 0 aliphatic carbocycles. The van der Waals surface area contributed by atoms with E-state index in [9.17, 15) is 9.59 Å². The molecule has 0 atom stereocenters. The molecule has 0 aliphatic rings. The zero-order valence-electron chi connectivity index (χ0n) is 25.6. The molecular formula is C33H37BrClN3O6. The summed E-state index contributed by atoms with van der Waals surface area (Å²) in [4.78, 5) is 32.8. The Hall–Kier alpha value is -3.76. The molecule has 0 unspecified atom stereocenters. The van der Waals surface area contributed by atoms with Crippen LogP contribution >= 0.6 is 27.5 Å². The summed E-state index contributed by atoms with van der Waals surface area (Å²) in [6, 6.07) is 14.8. The number of pyridine rings is 1. The van der Waals surface area contributed by atoms with Gasteiger partial charge in [-0.1, -0.05) is 47.4 Å². The number of methoxy groups -OCH3 is 2. The van der Waals surface area contributed by atoms with E-state index in [-0.39, 0.29) is 30.7 Å². The standard InChI is InChI=1S/C33H37BrClN3O6/c1-6-43-30(39)20-44-27-12-10-23(34)17-22(27)18-26-25(36-29-9-7-8-15-38(26)29)19-37(16-14-21(2)3)33(40)24-11-13-28(41-4)32(42-5)31(24)35/h7-13,15,17,21H,6,14,16,18-20H2,1-5H3. The van der Waals surface area contributed by atoms with Crippen LogP contribution in [0.1, 0.15) is 54.5 Å². The first-order valence-corrected chi connectivity index (χ1v) is 15.5. The molecule has 0 N–H and O–H groups in total. The van der Waals surface area contributed by atoms with Gasteiger partial charge in [0.25, 0.3) is 5.91 Å². The first-order chi connectivity index (χ1) is 21.2. The Bertz CT molecular complexity index is 1620. The lowest BCUT2D eigenvalue weighted by Gasteiger charge is -2.25. The summed E-state index contributed by atoms with van der Waals surface area (Å²) in [5.41, 5.74) is 3.54. The lowest BCUT2D eigenvalue weighted by atomic mass is 10.1. The van der Waals surface area contributed by atoms with Crippen molar-refractivity contribution in [3.8, 4) is 17.2 Å². The Kier molecular flexibility index (Phi) is 11.5. The highest BCUT2D eigenvalue weighted by Gasteiger charge is 2.26. The molecule has 11 heteroatoms. The first-order valence-electron chi connectivity index (χ1n) is 14.4.